The number of anilines is 1. The molecule has 0 spiro atoms. The van der Waals surface area contributed by atoms with Gasteiger partial charge in [0.05, 0.1) is 16.4 Å². The van der Waals surface area contributed by atoms with Crippen LogP contribution in [-0.4, -0.2) is 49.1 Å². The molecule has 1 N–H and O–H groups in total. The number of aromatic nitrogens is 5. The third kappa shape index (κ3) is 3.07. The number of carboxylic acid groups (broad SMARTS) is 1. The molecule has 4 heterocycles. The van der Waals surface area contributed by atoms with Gasteiger partial charge in [-0.3, -0.25) is 4.68 Å². The summed E-state index contributed by atoms with van der Waals surface area (Å²) in [4.78, 5) is 22.2. The smallest absolute Gasteiger partial charge is 0.358 e. The molecule has 25 heavy (non-hydrogen) atoms. The van der Waals surface area contributed by atoms with Crippen LogP contribution >= 0.6 is 11.3 Å². The molecule has 0 aliphatic carbocycles. The Labute approximate surface area is 148 Å². The molecular formula is C16H18N6O2S. The van der Waals surface area contributed by atoms with Gasteiger partial charge in [0.1, 0.15) is 12.1 Å². The number of hydrogen-bond donors (Lipinski definition) is 1. The topological polar surface area (TPSA) is 97.0 Å². The molecule has 8 nitrogen and oxygen atoms in total. The first kappa shape index (κ1) is 15.9. The number of rotatable bonds is 4. The highest BCUT2D eigenvalue weighted by molar-refractivity contribution is 7.18. The third-order valence-corrected chi connectivity index (χ3v) is 5.62. The van der Waals surface area contributed by atoms with Crippen molar-refractivity contribution in [3.8, 4) is 0 Å². The molecule has 130 valence electrons. The second-order valence-corrected chi connectivity index (χ2v) is 7.26. The highest BCUT2D eigenvalue weighted by Crippen LogP contribution is 2.33. The lowest BCUT2D eigenvalue weighted by Gasteiger charge is -2.33. The van der Waals surface area contributed by atoms with Crippen molar-refractivity contribution in [2.24, 2.45) is 5.92 Å². The molecule has 1 saturated heterocycles. The van der Waals surface area contributed by atoms with E-state index in [0.717, 1.165) is 42.0 Å². The van der Waals surface area contributed by atoms with Crippen LogP contribution in [0.15, 0.2) is 17.9 Å². The van der Waals surface area contributed by atoms with E-state index in [-0.39, 0.29) is 5.69 Å². The van der Waals surface area contributed by atoms with Crippen LogP contribution in [0.4, 0.5) is 5.82 Å². The van der Waals surface area contributed by atoms with Crippen LogP contribution in [0.25, 0.3) is 10.2 Å². The van der Waals surface area contributed by atoms with Gasteiger partial charge in [0.25, 0.3) is 0 Å². The van der Waals surface area contributed by atoms with Crippen LogP contribution in [0, 0.1) is 12.8 Å². The standard InChI is InChI=1S/C16H18N6O2S/c1-10-8-25-14-13(10)17-9-18-15(14)21-4-2-3-11(5-21)6-22-7-12(16(23)24)19-20-22/h7-9,11H,2-6H2,1H3,(H,23,24)/t11-/m0/s1. The van der Waals surface area contributed by atoms with Crippen LogP contribution in [0.2, 0.25) is 0 Å². The van der Waals surface area contributed by atoms with Gasteiger partial charge in [0.2, 0.25) is 0 Å². The van der Waals surface area contributed by atoms with E-state index in [1.807, 2.05) is 0 Å². The first-order chi connectivity index (χ1) is 12.1. The first-order valence-corrected chi connectivity index (χ1v) is 9.07. The Morgan fingerprint density at radius 2 is 2.32 bits per heavy atom. The Morgan fingerprint density at radius 1 is 1.44 bits per heavy atom. The zero-order chi connectivity index (χ0) is 17.4. The molecule has 1 aliphatic heterocycles. The number of thiophene rings is 1. The predicted molar refractivity (Wildman–Crippen MR) is 94.1 cm³/mol. The number of carboxylic acids is 1. The average molecular weight is 358 g/mol. The fraction of sp³-hybridized carbons (Fsp3) is 0.438. The lowest BCUT2D eigenvalue weighted by molar-refractivity contribution is 0.0690. The van der Waals surface area contributed by atoms with Crippen LogP contribution in [-0.2, 0) is 6.54 Å². The van der Waals surface area contributed by atoms with Gasteiger partial charge in [0.15, 0.2) is 5.69 Å². The lowest BCUT2D eigenvalue weighted by Crippen LogP contribution is -2.37. The van der Waals surface area contributed by atoms with Crippen molar-refractivity contribution in [2.75, 3.05) is 18.0 Å². The van der Waals surface area contributed by atoms with Gasteiger partial charge in [-0.05, 0) is 36.6 Å². The fourth-order valence-corrected chi connectivity index (χ4v) is 4.36. The molecule has 0 aromatic carbocycles. The van der Waals surface area contributed by atoms with E-state index < -0.39 is 5.97 Å². The Morgan fingerprint density at radius 3 is 3.12 bits per heavy atom. The number of aryl methyl sites for hydroxylation is 1. The van der Waals surface area contributed by atoms with E-state index in [1.54, 1.807) is 22.3 Å². The lowest BCUT2D eigenvalue weighted by atomic mass is 9.98. The molecule has 1 fully saturated rings. The molecule has 3 aromatic heterocycles. The van der Waals surface area contributed by atoms with E-state index in [2.05, 4.69) is 37.5 Å². The van der Waals surface area contributed by atoms with E-state index in [4.69, 9.17) is 5.11 Å². The van der Waals surface area contributed by atoms with Crippen molar-refractivity contribution in [3.05, 3.63) is 29.2 Å². The van der Waals surface area contributed by atoms with E-state index >= 15 is 0 Å². The minimum atomic E-state index is -1.05. The van der Waals surface area contributed by atoms with Crippen LogP contribution in [0.3, 0.4) is 0 Å². The molecule has 0 bridgehead atoms. The number of nitrogens with zero attached hydrogens (tertiary/aromatic N) is 6. The van der Waals surface area contributed by atoms with E-state index in [9.17, 15) is 4.79 Å². The third-order valence-electron chi connectivity index (χ3n) is 4.53. The molecule has 4 rings (SSSR count). The van der Waals surface area contributed by atoms with Crippen LogP contribution in [0.5, 0.6) is 0 Å². The minimum absolute atomic E-state index is 0.0146. The normalized spacial score (nSPS) is 18.0. The van der Waals surface area contributed by atoms with Crippen molar-refractivity contribution in [1.82, 2.24) is 25.0 Å². The van der Waals surface area contributed by atoms with Crippen molar-refractivity contribution in [2.45, 2.75) is 26.3 Å². The van der Waals surface area contributed by atoms with Gasteiger partial charge in [-0.25, -0.2) is 14.8 Å². The number of hydrogen-bond acceptors (Lipinski definition) is 7. The Hall–Kier alpha value is -2.55. The summed E-state index contributed by atoms with van der Waals surface area (Å²) in [6.45, 7) is 4.57. The van der Waals surface area contributed by atoms with Crippen molar-refractivity contribution in [3.63, 3.8) is 0 Å². The molecule has 0 radical (unpaired) electrons. The molecule has 9 heteroatoms. The van der Waals surface area contributed by atoms with E-state index in [0.29, 0.717) is 12.5 Å². The predicted octanol–water partition coefficient (Wildman–Crippen LogP) is 2.21. The summed E-state index contributed by atoms with van der Waals surface area (Å²) in [7, 11) is 0. The summed E-state index contributed by atoms with van der Waals surface area (Å²) in [5.41, 5.74) is 2.19. The number of aromatic carboxylic acids is 1. The second kappa shape index (κ2) is 6.40. The Kier molecular flexibility index (Phi) is 4.08. The quantitative estimate of drug-likeness (QED) is 0.763. The van der Waals surface area contributed by atoms with Gasteiger partial charge in [0, 0.05) is 19.6 Å². The maximum atomic E-state index is 10.9. The van der Waals surface area contributed by atoms with Crippen LogP contribution < -0.4 is 4.90 Å². The maximum absolute atomic E-state index is 10.9. The summed E-state index contributed by atoms with van der Waals surface area (Å²) in [5.74, 6) is 0.328. The largest absolute Gasteiger partial charge is 0.476 e. The zero-order valence-corrected chi connectivity index (χ0v) is 14.6. The first-order valence-electron chi connectivity index (χ1n) is 8.19. The van der Waals surface area contributed by atoms with E-state index in [1.165, 1.54) is 11.8 Å². The summed E-state index contributed by atoms with van der Waals surface area (Å²) >= 11 is 1.69. The van der Waals surface area contributed by atoms with Gasteiger partial charge in [-0.2, -0.15) is 0 Å². The van der Waals surface area contributed by atoms with Crippen LogP contribution in [0.1, 0.15) is 28.9 Å². The molecule has 3 aromatic rings. The monoisotopic (exact) mass is 358 g/mol. The summed E-state index contributed by atoms with van der Waals surface area (Å²) < 4.78 is 2.76. The zero-order valence-electron chi connectivity index (χ0n) is 13.8. The maximum Gasteiger partial charge on any atom is 0.358 e. The van der Waals surface area contributed by atoms with Crippen molar-refractivity contribution >= 4 is 33.3 Å². The Bertz CT molecular complexity index is 920. The molecule has 0 amide bonds. The molecule has 1 atom stereocenters. The van der Waals surface area contributed by atoms with Gasteiger partial charge in [-0.15, -0.1) is 16.4 Å². The van der Waals surface area contributed by atoms with Crippen molar-refractivity contribution in [1.29, 1.82) is 0 Å². The van der Waals surface area contributed by atoms with Gasteiger partial charge in [-0.1, -0.05) is 5.21 Å². The van der Waals surface area contributed by atoms with Gasteiger partial charge < -0.3 is 10.0 Å². The molecule has 1 aliphatic rings. The summed E-state index contributed by atoms with van der Waals surface area (Å²) in [6.07, 6.45) is 5.28. The number of piperidine rings is 1. The fourth-order valence-electron chi connectivity index (χ4n) is 3.34. The molecule has 0 saturated carbocycles. The number of fused-ring (bicyclic) bond motifs is 1. The summed E-state index contributed by atoms with van der Waals surface area (Å²) in [5, 5.41) is 18.7. The highest BCUT2D eigenvalue weighted by atomic mass is 32.1. The SMILES string of the molecule is Cc1csc2c(N3CCC[C@H](Cn4cc(C(=O)O)nn4)C3)ncnc12. The van der Waals surface area contributed by atoms with Gasteiger partial charge >= 0.3 is 5.97 Å². The highest BCUT2D eigenvalue weighted by Gasteiger charge is 2.24. The molecular weight excluding hydrogens is 340 g/mol. The summed E-state index contributed by atoms with van der Waals surface area (Å²) in [6, 6.07) is 0. The second-order valence-electron chi connectivity index (χ2n) is 6.38. The molecule has 0 unspecified atom stereocenters. The Balaban J connectivity index is 1.53. The average Bonchev–Trinajstić information content (AvgIpc) is 3.22. The minimum Gasteiger partial charge on any atom is -0.476 e. The number of carbonyl (C=O) groups is 1. The van der Waals surface area contributed by atoms with Crippen molar-refractivity contribution < 1.29 is 9.90 Å².